The van der Waals surface area contributed by atoms with E-state index in [1.165, 1.54) is 18.2 Å². The van der Waals surface area contributed by atoms with Gasteiger partial charge >= 0.3 is 11.7 Å². The maximum absolute atomic E-state index is 10.6. The quantitative estimate of drug-likeness (QED) is 0.398. The number of pyridine rings is 1. The Morgan fingerprint density at radius 3 is 2.55 bits per heavy atom. The third kappa shape index (κ3) is 2.27. The molecule has 5 heteroatoms. The number of carboxylic acid groups (broad SMARTS) is 1. The first-order valence-electron chi connectivity index (χ1n) is 2.63. The van der Waals surface area contributed by atoms with Crippen LogP contribution in [0.15, 0.2) is 24.4 Å². The van der Waals surface area contributed by atoms with Crippen molar-refractivity contribution in [3.63, 3.8) is 0 Å². The van der Waals surface area contributed by atoms with E-state index in [0.717, 1.165) is 6.20 Å². The summed E-state index contributed by atoms with van der Waals surface area (Å²) in [6.45, 7) is 0. The van der Waals surface area contributed by atoms with Crippen LogP contribution in [0.2, 0.25) is 0 Å². The molecule has 0 radical (unpaired) electrons. The summed E-state index contributed by atoms with van der Waals surface area (Å²) in [7, 11) is 0. The van der Waals surface area contributed by atoms with Crippen LogP contribution >= 0.6 is 0 Å². The maximum atomic E-state index is 10.6. The van der Waals surface area contributed by atoms with Gasteiger partial charge in [-0.3, -0.25) is 0 Å². The Bertz CT molecular complexity index is 264. The summed E-state index contributed by atoms with van der Waals surface area (Å²) in [6, 6.07) is 4.21. The second-order valence-electron chi connectivity index (χ2n) is 1.72. The van der Waals surface area contributed by atoms with Crippen molar-refractivity contribution in [3.05, 3.63) is 35.3 Å². The third-order valence-electron chi connectivity index (χ3n) is 1.04. The molecule has 11 heavy (non-hydrogen) atoms. The molecule has 0 aromatic carbocycles. The van der Waals surface area contributed by atoms with Gasteiger partial charge in [-0.15, -0.1) is 0 Å². The van der Waals surface area contributed by atoms with E-state index in [4.69, 9.17) is 5.11 Å². The van der Waals surface area contributed by atoms with Crippen molar-refractivity contribution in [1.29, 1.82) is 0 Å². The van der Waals surface area contributed by atoms with Gasteiger partial charge in [-0.05, 0) is 6.07 Å². The van der Waals surface area contributed by atoms with Gasteiger partial charge in [-0.25, -0.2) is 4.79 Å². The molecule has 0 fully saturated rings. The summed E-state index contributed by atoms with van der Waals surface area (Å²) in [6.07, 6.45) is 1.14. The number of nitrogens with zero attached hydrogens (tertiary/aromatic N) is 1. The normalized spacial score (nSPS) is 8.36. The molecule has 0 atom stereocenters. The van der Waals surface area contributed by atoms with E-state index < -0.39 is 5.97 Å². The Labute approximate surface area is 75.8 Å². The molecule has 1 rings (SSSR count). The van der Waals surface area contributed by atoms with Gasteiger partial charge < -0.3 is 10.3 Å². The molecular weight excluding hydrogens is 199 g/mol. The van der Waals surface area contributed by atoms with Crippen LogP contribution in [0.1, 0.15) is 10.5 Å². The zero-order valence-electron chi connectivity index (χ0n) is 5.73. The first kappa shape index (κ1) is 10.0. The minimum absolute atomic E-state index is 0. The molecule has 1 N–H and O–H groups in total. The number of aromatic carboxylic acids is 1. The predicted octanol–water partition coefficient (Wildman–Crippen LogP) is 0.0157. The second-order valence-corrected chi connectivity index (χ2v) is 1.72. The van der Waals surface area contributed by atoms with Gasteiger partial charge in [-0.1, -0.05) is 0 Å². The van der Waals surface area contributed by atoms with Crippen molar-refractivity contribution in [2.75, 3.05) is 0 Å². The van der Waals surface area contributed by atoms with Crippen LogP contribution in [-0.2, 0) is 19.5 Å². The number of carbonyl (C=O) groups is 1. The van der Waals surface area contributed by atoms with Crippen LogP contribution in [0, 0.1) is 5.21 Å². The molecule has 0 aliphatic carbocycles. The summed E-state index contributed by atoms with van der Waals surface area (Å²) in [5.41, 5.74) is -0.262. The molecule has 0 aliphatic heterocycles. The molecule has 0 aliphatic rings. The summed E-state index contributed by atoms with van der Waals surface area (Å²) in [5.74, 6) is -1.21. The molecule has 1 aromatic heterocycles. The Kier molecular flexibility index (Phi) is 3.68. The molecule has 0 amide bonds. The van der Waals surface area contributed by atoms with Gasteiger partial charge in [0.2, 0.25) is 0 Å². The van der Waals surface area contributed by atoms with Gasteiger partial charge in [0.05, 0.1) is 0 Å². The molecule has 0 unspecified atom stereocenters. The fraction of sp³-hybridized carbons (Fsp3) is 0. The van der Waals surface area contributed by atoms with E-state index in [9.17, 15) is 10.0 Å². The summed E-state index contributed by atoms with van der Waals surface area (Å²) >= 11 is 0. The summed E-state index contributed by atoms with van der Waals surface area (Å²) in [5, 5.41) is 18.9. The van der Waals surface area contributed by atoms with Gasteiger partial charge in [-0.2, -0.15) is 4.73 Å². The first-order valence-corrected chi connectivity index (χ1v) is 2.63. The van der Waals surface area contributed by atoms with E-state index in [1.807, 2.05) is 0 Å². The fourth-order valence-electron chi connectivity index (χ4n) is 0.594. The van der Waals surface area contributed by atoms with Gasteiger partial charge in [0, 0.05) is 31.6 Å². The minimum Gasteiger partial charge on any atom is -0.618 e. The van der Waals surface area contributed by atoms with Crippen molar-refractivity contribution in [1.82, 2.24) is 0 Å². The first-order chi connectivity index (χ1) is 4.72. The number of hydrogen-bond acceptors (Lipinski definition) is 2. The van der Waals surface area contributed by atoms with Crippen molar-refractivity contribution in [2.24, 2.45) is 0 Å². The third-order valence-corrected chi connectivity index (χ3v) is 1.04. The molecule has 54 valence electrons. The van der Waals surface area contributed by atoms with E-state index in [2.05, 4.69) is 0 Å². The van der Waals surface area contributed by atoms with E-state index in [1.54, 1.807) is 0 Å². The van der Waals surface area contributed by atoms with Gasteiger partial charge in [0.25, 0.3) is 0 Å². The van der Waals surface area contributed by atoms with E-state index in [-0.39, 0.29) is 25.2 Å². The van der Waals surface area contributed by atoms with Crippen LogP contribution in [-0.4, -0.2) is 11.1 Å². The average molecular weight is 204 g/mol. The van der Waals surface area contributed by atoms with Crippen LogP contribution in [0.5, 0.6) is 0 Å². The van der Waals surface area contributed by atoms with Gasteiger partial charge in [0.15, 0.2) is 6.20 Å². The van der Waals surface area contributed by atoms with Crippen LogP contribution in [0.4, 0.5) is 0 Å². The molecule has 1 aromatic rings. The second kappa shape index (κ2) is 4.03. The van der Waals surface area contributed by atoms with Crippen molar-refractivity contribution < 1.29 is 34.1 Å². The minimum atomic E-state index is -1.21. The van der Waals surface area contributed by atoms with Gasteiger partial charge in [0.1, 0.15) is 0 Å². The standard InChI is InChI=1S/C6H5NO3.Zn/c8-6(9)5-3-1-2-4-7(5)10;/h1-4H,(H,8,9);. The summed E-state index contributed by atoms with van der Waals surface area (Å²) in [4.78, 5) is 10.2. The smallest absolute Gasteiger partial charge is 0.402 e. The van der Waals surface area contributed by atoms with E-state index in [0.29, 0.717) is 4.73 Å². The maximum Gasteiger partial charge on any atom is 0.402 e. The number of rotatable bonds is 1. The molecule has 0 saturated carbocycles. The monoisotopic (exact) mass is 203 g/mol. The van der Waals surface area contributed by atoms with Crippen LogP contribution in [0.25, 0.3) is 0 Å². The number of carboxylic acids is 1. The number of hydrogen-bond donors (Lipinski definition) is 1. The topological polar surface area (TPSA) is 64.2 Å². The average Bonchev–Trinajstić information content (AvgIpc) is 1.88. The zero-order valence-corrected chi connectivity index (χ0v) is 8.69. The molecule has 0 spiro atoms. The van der Waals surface area contributed by atoms with Crippen LogP contribution < -0.4 is 4.73 Å². The largest absolute Gasteiger partial charge is 0.618 e. The Hall–Kier alpha value is -0.957. The Balaban J connectivity index is 0.000001000. The fourth-order valence-corrected chi connectivity index (χ4v) is 0.594. The van der Waals surface area contributed by atoms with Crippen molar-refractivity contribution in [3.8, 4) is 0 Å². The molecule has 4 nitrogen and oxygen atoms in total. The summed E-state index contributed by atoms with van der Waals surface area (Å²) < 4.78 is 0.308. The van der Waals surface area contributed by atoms with Crippen molar-refractivity contribution in [2.45, 2.75) is 0 Å². The molecule has 0 bridgehead atoms. The van der Waals surface area contributed by atoms with Crippen LogP contribution in [0.3, 0.4) is 0 Å². The molecule has 1 heterocycles. The molecular formula is C6H5NO3Zn. The molecule has 0 saturated heterocycles. The zero-order chi connectivity index (χ0) is 7.56. The van der Waals surface area contributed by atoms with Crippen molar-refractivity contribution >= 4 is 5.97 Å². The van der Waals surface area contributed by atoms with E-state index >= 15 is 0 Å². The predicted molar refractivity (Wildman–Crippen MR) is 32.4 cm³/mol. The number of aromatic nitrogens is 1. The Morgan fingerprint density at radius 2 is 2.18 bits per heavy atom. The SMILES string of the molecule is O=C(O)c1cccc[n+]1[O-].[Zn]. The Morgan fingerprint density at radius 1 is 1.55 bits per heavy atom.